The molecule has 1 heterocycles. The van der Waals surface area contributed by atoms with E-state index in [1.807, 2.05) is 0 Å². The first-order valence-corrected chi connectivity index (χ1v) is 6.70. The zero-order valence-corrected chi connectivity index (χ0v) is 8.86. The quantitative estimate of drug-likeness (QED) is 0.728. The van der Waals surface area contributed by atoms with Gasteiger partial charge >= 0.3 is 0 Å². The van der Waals surface area contributed by atoms with Crippen molar-refractivity contribution in [1.82, 2.24) is 10.2 Å². The summed E-state index contributed by atoms with van der Waals surface area (Å²) in [6.07, 6.45) is 1.83. The van der Waals surface area contributed by atoms with Gasteiger partial charge in [0.25, 0.3) is 0 Å². The van der Waals surface area contributed by atoms with Gasteiger partial charge in [0.15, 0.2) is 0 Å². The zero-order chi connectivity index (χ0) is 9.73. The standard InChI is InChI=1S/C6H11N3O2S2/c1-13(10,11)4-2-3-7-6-9-8-5-12-6/h5H,2-4H2,1H3,(H,7,9). The van der Waals surface area contributed by atoms with Crippen LogP contribution in [0.4, 0.5) is 5.13 Å². The van der Waals surface area contributed by atoms with E-state index < -0.39 is 9.84 Å². The summed E-state index contributed by atoms with van der Waals surface area (Å²) in [6.45, 7) is 0.613. The molecule has 1 rings (SSSR count). The maximum atomic E-state index is 10.7. The Morgan fingerprint density at radius 3 is 2.92 bits per heavy atom. The summed E-state index contributed by atoms with van der Waals surface area (Å²) >= 11 is 1.40. The minimum absolute atomic E-state index is 0.207. The van der Waals surface area contributed by atoms with E-state index in [-0.39, 0.29) is 5.75 Å². The Labute approximate surface area is 81.1 Å². The average molecular weight is 221 g/mol. The summed E-state index contributed by atoms with van der Waals surface area (Å²) in [5.41, 5.74) is 1.62. The lowest BCUT2D eigenvalue weighted by Gasteiger charge is -1.99. The minimum Gasteiger partial charge on any atom is -0.360 e. The van der Waals surface area contributed by atoms with Crippen LogP contribution < -0.4 is 5.32 Å². The fourth-order valence-corrected chi connectivity index (χ4v) is 1.92. The first-order chi connectivity index (χ1) is 6.08. The fourth-order valence-electron chi connectivity index (χ4n) is 0.780. The summed E-state index contributed by atoms with van der Waals surface area (Å²) < 4.78 is 21.5. The summed E-state index contributed by atoms with van der Waals surface area (Å²) in [4.78, 5) is 0. The van der Waals surface area contributed by atoms with Crippen molar-refractivity contribution in [3.8, 4) is 0 Å². The molecule has 74 valence electrons. The van der Waals surface area contributed by atoms with Crippen LogP contribution in [0.5, 0.6) is 0 Å². The van der Waals surface area contributed by atoms with E-state index in [0.717, 1.165) is 5.13 Å². The highest BCUT2D eigenvalue weighted by atomic mass is 32.2. The molecule has 0 unspecified atom stereocenters. The molecule has 1 aromatic rings. The van der Waals surface area contributed by atoms with Crippen molar-refractivity contribution in [2.24, 2.45) is 0 Å². The van der Waals surface area contributed by atoms with Gasteiger partial charge in [0, 0.05) is 12.8 Å². The first kappa shape index (κ1) is 10.4. The highest BCUT2D eigenvalue weighted by Crippen LogP contribution is 2.07. The van der Waals surface area contributed by atoms with Crippen molar-refractivity contribution in [3.05, 3.63) is 5.51 Å². The van der Waals surface area contributed by atoms with Gasteiger partial charge in [0.2, 0.25) is 5.13 Å². The minimum atomic E-state index is -2.84. The van der Waals surface area contributed by atoms with E-state index in [0.29, 0.717) is 13.0 Å². The van der Waals surface area contributed by atoms with Gasteiger partial charge in [-0.2, -0.15) is 0 Å². The van der Waals surface area contributed by atoms with Crippen LogP contribution in [0.15, 0.2) is 5.51 Å². The van der Waals surface area contributed by atoms with Gasteiger partial charge in [-0.3, -0.25) is 0 Å². The Morgan fingerprint density at radius 1 is 1.62 bits per heavy atom. The SMILES string of the molecule is CS(=O)(=O)CCCNc1nncs1. The molecule has 0 saturated heterocycles. The maximum absolute atomic E-state index is 10.7. The van der Waals surface area contributed by atoms with Gasteiger partial charge in [-0.25, -0.2) is 8.42 Å². The molecule has 0 aliphatic heterocycles. The molecule has 5 nitrogen and oxygen atoms in total. The van der Waals surface area contributed by atoms with E-state index in [1.54, 1.807) is 5.51 Å². The molecule has 0 aliphatic carbocycles. The number of sulfone groups is 1. The number of hydrogen-bond acceptors (Lipinski definition) is 6. The predicted molar refractivity (Wildman–Crippen MR) is 52.7 cm³/mol. The number of hydrogen-bond donors (Lipinski definition) is 1. The molecule has 1 N–H and O–H groups in total. The number of anilines is 1. The zero-order valence-electron chi connectivity index (χ0n) is 7.23. The second-order valence-electron chi connectivity index (χ2n) is 2.65. The third-order valence-electron chi connectivity index (χ3n) is 1.33. The normalized spacial score (nSPS) is 11.5. The number of nitrogens with one attached hydrogen (secondary N) is 1. The van der Waals surface area contributed by atoms with Crippen LogP contribution in [0.2, 0.25) is 0 Å². The van der Waals surface area contributed by atoms with Crippen LogP contribution in [0.1, 0.15) is 6.42 Å². The molecule has 0 spiro atoms. The lowest BCUT2D eigenvalue weighted by Crippen LogP contribution is -2.09. The van der Waals surface area contributed by atoms with Crippen LogP contribution in [0, 0.1) is 0 Å². The van der Waals surface area contributed by atoms with Gasteiger partial charge in [0.1, 0.15) is 15.3 Å². The van der Waals surface area contributed by atoms with Gasteiger partial charge in [-0.15, -0.1) is 10.2 Å². The summed E-state index contributed by atoms with van der Waals surface area (Å²) in [5.74, 6) is 0.207. The average Bonchev–Trinajstić information content (AvgIpc) is 2.48. The molecule has 13 heavy (non-hydrogen) atoms. The van der Waals surface area contributed by atoms with Crippen LogP contribution in [0.25, 0.3) is 0 Å². The van der Waals surface area contributed by atoms with Crippen LogP contribution in [-0.2, 0) is 9.84 Å². The molecule has 0 atom stereocenters. The Kier molecular flexibility index (Phi) is 3.61. The molecule has 0 radical (unpaired) electrons. The number of nitrogens with zero attached hydrogens (tertiary/aromatic N) is 2. The highest BCUT2D eigenvalue weighted by Gasteiger charge is 2.01. The molecule has 1 aromatic heterocycles. The second kappa shape index (κ2) is 4.52. The van der Waals surface area contributed by atoms with Crippen LogP contribution in [0.3, 0.4) is 0 Å². The Balaban J connectivity index is 2.16. The van der Waals surface area contributed by atoms with E-state index in [9.17, 15) is 8.42 Å². The third-order valence-corrected chi connectivity index (χ3v) is 3.01. The Morgan fingerprint density at radius 2 is 2.38 bits per heavy atom. The largest absolute Gasteiger partial charge is 0.360 e. The van der Waals surface area contributed by atoms with Crippen molar-refractivity contribution >= 4 is 26.3 Å². The summed E-state index contributed by atoms with van der Waals surface area (Å²) in [5, 5.41) is 11.1. The Hall–Kier alpha value is -0.690. The van der Waals surface area contributed by atoms with Crippen molar-refractivity contribution < 1.29 is 8.42 Å². The maximum Gasteiger partial charge on any atom is 0.205 e. The Bertz CT molecular complexity index is 333. The highest BCUT2D eigenvalue weighted by molar-refractivity contribution is 7.90. The van der Waals surface area contributed by atoms with Crippen molar-refractivity contribution in [1.29, 1.82) is 0 Å². The number of aromatic nitrogens is 2. The summed E-state index contributed by atoms with van der Waals surface area (Å²) in [7, 11) is -2.84. The first-order valence-electron chi connectivity index (χ1n) is 3.76. The molecule has 0 bridgehead atoms. The van der Waals surface area contributed by atoms with Gasteiger partial charge in [0.05, 0.1) is 5.75 Å². The smallest absolute Gasteiger partial charge is 0.205 e. The lowest BCUT2D eigenvalue weighted by atomic mass is 10.5. The topological polar surface area (TPSA) is 72.0 Å². The molecule has 0 aliphatic rings. The second-order valence-corrected chi connectivity index (χ2v) is 5.75. The molecule has 7 heteroatoms. The molecule has 0 amide bonds. The van der Waals surface area contributed by atoms with E-state index in [4.69, 9.17) is 0 Å². The van der Waals surface area contributed by atoms with Gasteiger partial charge < -0.3 is 5.32 Å². The molecular formula is C6H11N3O2S2. The van der Waals surface area contributed by atoms with Crippen LogP contribution >= 0.6 is 11.3 Å². The van der Waals surface area contributed by atoms with Gasteiger partial charge in [-0.1, -0.05) is 11.3 Å². The monoisotopic (exact) mass is 221 g/mol. The number of rotatable bonds is 5. The van der Waals surface area contributed by atoms with E-state index in [2.05, 4.69) is 15.5 Å². The van der Waals surface area contributed by atoms with E-state index in [1.165, 1.54) is 17.6 Å². The summed E-state index contributed by atoms with van der Waals surface area (Å²) in [6, 6.07) is 0. The fraction of sp³-hybridized carbons (Fsp3) is 0.667. The van der Waals surface area contributed by atoms with Crippen LogP contribution in [-0.4, -0.2) is 37.2 Å². The van der Waals surface area contributed by atoms with Crippen molar-refractivity contribution in [2.75, 3.05) is 23.9 Å². The van der Waals surface area contributed by atoms with Crippen molar-refractivity contribution in [2.45, 2.75) is 6.42 Å². The van der Waals surface area contributed by atoms with Crippen molar-refractivity contribution in [3.63, 3.8) is 0 Å². The molecular weight excluding hydrogens is 210 g/mol. The third kappa shape index (κ3) is 4.79. The van der Waals surface area contributed by atoms with E-state index >= 15 is 0 Å². The predicted octanol–water partition coefficient (Wildman–Crippen LogP) is 0.385. The molecule has 0 fully saturated rings. The molecule has 0 saturated carbocycles. The molecule has 0 aromatic carbocycles. The van der Waals surface area contributed by atoms with Gasteiger partial charge in [-0.05, 0) is 6.42 Å². The lowest BCUT2D eigenvalue weighted by molar-refractivity contribution is 0.600.